The van der Waals surface area contributed by atoms with Gasteiger partial charge in [-0.05, 0) is 50.5 Å². The number of hydrogen-bond donors (Lipinski definition) is 1. The molecule has 1 N–H and O–H groups in total. The fourth-order valence-electron chi connectivity index (χ4n) is 2.63. The van der Waals surface area contributed by atoms with Gasteiger partial charge in [0.2, 0.25) is 0 Å². The van der Waals surface area contributed by atoms with Crippen molar-refractivity contribution in [2.75, 3.05) is 20.6 Å². The molecule has 0 fully saturated rings. The quantitative estimate of drug-likeness (QED) is 0.710. The van der Waals surface area contributed by atoms with Crippen LogP contribution in [0.25, 0.3) is 11.3 Å². The average Bonchev–Trinajstić information content (AvgIpc) is 3.23. The lowest BCUT2D eigenvalue weighted by Gasteiger charge is -2.22. The van der Waals surface area contributed by atoms with Crippen molar-refractivity contribution in [3.05, 3.63) is 72.1 Å². The highest BCUT2D eigenvalue weighted by molar-refractivity contribution is 5.58. The standard InChI is InChI=1S/C19H21FN2O2/c1-22(2)17(19-8-5-11-23-19)13-21-12-14-9-10-18(24-14)15-6-3-4-7-16(15)20/h3-11,17,21H,12-13H2,1-2H3. The monoisotopic (exact) mass is 328 g/mol. The molecule has 5 heteroatoms. The van der Waals surface area contributed by atoms with Crippen molar-refractivity contribution in [1.82, 2.24) is 10.2 Å². The molecule has 0 spiro atoms. The Hall–Kier alpha value is -2.37. The van der Waals surface area contributed by atoms with Crippen LogP contribution < -0.4 is 5.32 Å². The van der Waals surface area contributed by atoms with Crippen LogP contribution in [0, 0.1) is 5.82 Å². The first-order valence-electron chi connectivity index (χ1n) is 7.89. The van der Waals surface area contributed by atoms with E-state index in [4.69, 9.17) is 8.83 Å². The van der Waals surface area contributed by atoms with Crippen LogP contribution in [-0.2, 0) is 6.54 Å². The summed E-state index contributed by atoms with van der Waals surface area (Å²) in [5.41, 5.74) is 0.477. The van der Waals surface area contributed by atoms with E-state index >= 15 is 0 Å². The Kier molecular flexibility index (Phi) is 5.13. The molecule has 126 valence electrons. The highest BCUT2D eigenvalue weighted by Crippen LogP contribution is 2.25. The minimum absolute atomic E-state index is 0.140. The van der Waals surface area contributed by atoms with Gasteiger partial charge in [0.1, 0.15) is 23.1 Å². The highest BCUT2D eigenvalue weighted by atomic mass is 19.1. The maximum absolute atomic E-state index is 13.8. The van der Waals surface area contributed by atoms with Crippen molar-refractivity contribution in [2.45, 2.75) is 12.6 Å². The lowest BCUT2D eigenvalue weighted by molar-refractivity contribution is 0.248. The van der Waals surface area contributed by atoms with Crippen molar-refractivity contribution in [3.63, 3.8) is 0 Å². The topological polar surface area (TPSA) is 41.5 Å². The van der Waals surface area contributed by atoms with Crippen molar-refractivity contribution in [1.29, 1.82) is 0 Å². The molecule has 4 nitrogen and oxygen atoms in total. The van der Waals surface area contributed by atoms with Crippen molar-refractivity contribution in [2.24, 2.45) is 0 Å². The number of benzene rings is 1. The first kappa shape index (κ1) is 16.5. The maximum Gasteiger partial charge on any atom is 0.137 e. The molecule has 1 unspecified atom stereocenters. The van der Waals surface area contributed by atoms with E-state index < -0.39 is 0 Å². The predicted octanol–water partition coefficient (Wildman–Crippen LogP) is 4.07. The van der Waals surface area contributed by atoms with Crippen LogP contribution in [0.1, 0.15) is 17.6 Å². The van der Waals surface area contributed by atoms with Gasteiger partial charge in [-0.2, -0.15) is 0 Å². The Bertz CT molecular complexity index is 765. The van der Waals surface area contributed by atoms with Gasteiger partial charge in [0, 0.05) is 6.54 Å². The molecule has 3 aromatic rings. The van der Waals surface area contributed by atoms with E-state index in [9.17, 15) is 4.39 Å². The summed E-state index contributed by atoms with van der Waals surface area (Å²) in [7, 11) is 4.02. The Morgan fingerprint density at radius 1 is 1.08 bits per heavy atom. The summed E-state index contributed by atoms with van der Waals surface area (Å²) in [4.78, 5) is 2.10. The van der Waals surface area contributed by atoms with Crippen LogP contribution in [0.15, 0.2) is 63.6 Å². The van der Waals surface area contributed by atoms with Gasteiger partial charge in [-0.1, -0.05) is 12.1 Å². The van der Waals surface area contributed by atoms with E-state index in [2.05, 4.69) is 10.2 Å². The zero-order chi connectivity index (χ0) is 16.9. The van der Waals surface area contributed by atoms with Crippen molar-refractivity contribution >= 4 is 0 Å². The summed E-state index contributed by atoms with van der Waals surface area (Å²) in [6.45, 7) is 1.29. The number of halogens is 1. The Morgan fingerprint density at radius 2 is 1.92 bits per heavy atom. The number of nitrogens with zero attached hydrogens (tertiary/aromatic N) is 1. The van der Waals surface area contributed by atoms with Gasteiger partial charge in [-0.25, -0.2) is 4.39 Å². The van der Waals surface area contributed by atoms with Gasteiger partial charge >= 0.3 is 0 Å². The lowest BCUT2D eigenvalue weighted by atomic mass is 10.1. The summed E-state index contributed by atoms with van der Waals surface area (Å²) in [6, 6.07) is 14.3. The number of nitrogens with one attached hydrogen (secondary N) is 1. The molecule has 2 heterocycles. The molecule has 0 radical (unpaired) electrons. The smallest absolute Gasteiger partial charge is 0.137 e. The molecule has 0 saturated carbocycles. The third-order valence-electron chi connectivity index (χ3n) is 3.93. The van der Waals surface area contributed by atoms with Gasteiger partial charge in [0.05, 0.1) is 24.4 Å². The molecule has 0 bridgehead atoms. The molecular weight excluding hydrogens is 307 g/mol. The van der Waals surface area contributed by atoms with Crippen molar-refractivity contribution in [3.8, 4) is 11.3 Å². The van der Waals surface area contributed by atoms with Crippen LogP contribution in [0.3, 0.4) is 0 Å². The van der Waals surface area contributed by atoms with E-state index in [1.54, 1.807) is 30.5 Å². The first-order valence-corrected chi connectivity index (χ1v) is 7.89. The van der Waals surface area contributed by atoms with Gasteiger partial charge in [-0.3, -0.25) is 4.90 Å². The largest absolute Gasteiger partial charge is 0.468 e. The molecular formula is C19H21FN2O2. The minimum atomic E-state index is -0.281. The molecule has 24 heavy (non-hydrogen) atoms. The summed E-state index contributed by atoms with van der Waals surface area (Å²) in [6.07, 6.45) is 1.68. The van der Waals surface area contributed by atoms with E-state index in [0.29, 0.717) is 17.9 Å². The number of hydrogen-bond acceptors (Lipinski definition) is 4. The van der Waals surface area contributed by atoms with Gasteiger partial charge in [-0.15, -0.1) is 0 Å². The third kappa shape index (κ3) is 3.75. The highest BCUT2D eigenvalue weighted by Gasteiger charge is 2.16. The molecule has 1 atom stereocenters. The van der Waals surface area contributed by atoms with Gasteiger partial charge in [0.15, 0.2) is 0 Å². The molecule has 1 aromatic carbocycles. The van der Waals surface area contributed by atoms with Crippen LogP contribution in [0.2, 0.25) is 0 Å². The Morgan fingerprint density at radius 3 is 2.62 bits per heavy atom. The zero-order valence-corrected chi connectivity index (χ0v) is 13.8. The molecule has 0 saturated heterocycles. The molecule has 0 amide bonds. The van der Waals surface area contributed by atoms with Crippen LogP contribution in [-0.4, -0.2) is 25.5 Å². The van der Waals surface area contributed by atoms with E-state index in [1.807, 2.05) is 32.3 Å². The van der Waals surface area contributed by atoms with Gasteiger partial charge < -0.3 is 14.2 Å². The Labute approximate surface area is 140 Å². The fraction of sp³-hybridized carbons (Fsp3) is 0.263. The normalized spacial score (nSPS) is 12.7. The molecule has 2 aromatic heterocycles. The predicted molar refractivity (Wildman–Crippen MR) is 90.9 cm³/mol. The summed E-state index contributed by atoms with van der Waals surface area (Å²) in [5, 5.41) is 3.36. The van der Waals surface area contributed by atoms with E-state index in [-0.39, 0.29) is 11.9 Å². The molecule has 0 aliphatic carbocycles. The lowest BCUT2D eigenvalue weighted by Crippen LogP contribution is -2.30. The van der Waals surface area contributed by atoms with Crippen LogP contribution >= 0.6 is 0 Å². The SMILES string of the molecule is CN(C)C(CNCc1ccc(-c2ccccc2F)o1)c1ccco1. The van der Waals surface area contributed by atoms with Gasteiger partial charge in [0.25, 0.3) is 0 Å². The average molecular weight is 328 g/mol. The molecule has 0 aliphatic heterocycles. The number of rotatable bonds is 7. The molecule has 0 aliphatic rings. The number of likely N-dealkylation sites (N-methyl/N-ethyl adjacent to an activating group) is 1. The maximum atomic E-state index is 13.8. The zero-order valence-electron chi connectivity index (χ0n) is 13.8. The second-order valence-electron chi connectivity index (χ2n) is 5.87. The third-order valence-corrected chi connectivity index (χ3v) is 3.93. The second-order valence-corrected chi connectivity index (χ2v) is 5.87. The first-order chi connectivity index (χ1) is 11.6. The van der Waals surface area contributed by atoms with Crippen LogP contribution in [0.5, 0.6) is 0 Å². The van der Waals surface area contributed by atoms with Crippen LogP contribution in [0.4, 0.5) is 4.39 Å². The summed E-state index contributed by atoms with van der Waals surface area (Å²) < 4.78 is 25.0. The Balaban J connectivity index is 1.60. The fourth-order valence-corrected chi connectivity index (χ4v) is 2.63. The minimum Gasteiger partial charge on any atom is -0.468 e. The number of furan rings is 2. The second kappa shape index (κ2) is 7.47. The van der Waals surface area contributed by atoms with Crippen molar-refractivity contribution < 1.29 is 13.2 Å². The molecule has 3 rings (SSSR count). The summed E-state index contributed by atoms with van der Waals surface area (Å²) >= 11 is 0. The summed E-state index contributed by atoms with van der Waals surface area (Å²) in [5.74, 6) is 1.95. The van der Waals surface area contributed by atoms with E-state index in [1.165, 1.54) is 6.07 Å². The van der Waals surface area contributed by atoms with E-state index in [0.717, 1.165) is 18.1 Å².